The summed E-state index contributed by atoms with van der Waals surface area (Å²) in [6.45, 7) is 2.42. The van der Waals surface area contributed by atoms with Gasteiger partial charge in [0.2, 0.25) is 10.0 Å². The monoisotopic (exact) mass is 308 g/mol. The van der Waals surface area contributed by atoms with Gasteiger partial charge in [0.05, 0.1) is 6.26 Å². The molecule has 1 atom stereocenters. The second-order valence-corrected chi connectivity index (χ2v) is 8.29. The minimum Gasteiger partial charge on any atom is -0.385 e. The van der Waals surface area contributed by atoms with E-state index in [1.807, 2.05) is 0 Å². The van der Waals surface area contributed by atoms with Crippen molar-refractivity contribution >= 4 is 15.7 Å². The van der Waals surface area contributed by atoms with E-state index in [0.717, 1.165) is 32.2 Å². The predicted octanol–water partition coefficient (Wildman–Crippen LogP) is 2.26. The Hall–Kier alpha value is -1.07. The fourth-order valence-electron chi connectivity index (χ4n) is 3.58. The van der Waals surface area contributed by atoms with E-state index in [1.54, 1.807) is 4.31 Å². The molecular weight excluding hydrogens is 284 g/mol. The highest BCUT2D eigenvalue weighted by Crippen LogP contribution is 2.29. The van der Waals surface area contributed by atoms with E-state index < -0.39 is 10.0 Å². The van der Waals surface area contributed by atoms with Gasteiger partial charge in [-0.3, -0.25) is 0 Å². The van der Waals surface area contributed by atoms with Crippen molar-refractivity contribution in [2.24, 2.45) is 5.92 Å². The summed E-state index contributed by atoms with van der Waals surface area (Å²) >= 11 is 0. The maximum Gasteiger partial charge on any atom is 0.211 e. The van der Waals surface area contributed by atoms with Crippen molar-refractivity contribution in [2.45, 2.75) is 32.1 Å². The van der Waals surface area contributed by atoms with Crippen molar-refractivity contribution in [1.29, 1.82) is 0 Å². The third kappa shape index (κ3) is 3.40. The van der Waals surface area contributed by atoms with Crippen molar-refractivity contribution in [3.8, 4) is 0 Å². The molecule has 116 valence electrons. The molecule has 1 unspecified atom stereocenters. The van der Waals surface area contributed by atoms with Gasteiger partial charge in [0, 0.05) is 25.3 Å². The van der Waals surface area contributed by atoms with E-state index >= 15 is 0 Å². The van der Waals surface area contributed by atoms with E-state index in [0.29, 0.717) is 19.0 Å². The van der Waals surface area contributed by atoms with Crippen molar-refractivity contribution < 1.29 is 8.42 Å². The second-order valence-electron chi connectivity index (χ2n) is 6.31. The van der Waals surface area contributed by atoms with Crippen LogP contribution in [0.2, 0.25) is 0 Å². The summed E-state index contributed by atoms with van der Waals surface area (Å²) in [5.74, 6) is 0.446. The molecule has 1 saturated heterocycles. The zero-order valence-corrected chi connectivity index (χ0v) is 13.5. The molecule has 21 heavy (non-hydrogen) atoms. The van der Waals surface area contributed by atoms with Crippen LogP contribution in [-0.4, -0.2) is 38.6 Å². The number of nitrogens with zero attached hydrogens (tertiary/aromatic N) is 1. The number of nitrogens with one attached hydrogen (secondary N) is 1. The molecule has 3 rings (SSSR count). The number of rotatable bonds is 3. The van der Waals surface area contributed by atoms with Gasteiger partial charge in [-0.25, -0.2) is 12.7 Å². The fourth-order valence-corrected chi connectivity index (χ4v) is 4.52. The van der Waals surface area contributed by atoms with Gasteiger partial charge in [-0.15, -0.1) is 0 Å². The van der Waals surface area contributed by atoms with Crippen LogP contribution in [0.15, 0.2) is 18.2 Å². The molecule has 0 aromatic heterocycles. The number of fused-ring (bicyclic) bond motifs is 1. The first-order valence-corrected chi connectivity index (χ1v) is 9.68. The lowest BCUT2D eigenvalue weighted by molar-refractivity contribution is 0.266. The highest BCUT2D eigenvalue weighted by atomic mass is 32.2. The summed E-state index contributed by atoms with van der Waals surface area (Å²) in [7, 11) is -3.05. The highest BCUT2D eigenvalue weighted by Gasteiger charge is 2.26. The standard InChI is InChI=1S/C16H24N2O2S/c1-21(19,20)18-10-4-5-13(12-18)11-14-6-2-8-16-15(14)7-3-9-17-16/h2,6,8,13,17H,3-5,7,9-12H2,1H3. The van der Waals surface area contributed by atoms with Crippen LogP contribution in [0.3, 0.4) is 0 Å². The van der Waals surface area contributed by atoms with Gasteiger partial charge in [-0.2, -0.15) is 0 Å². The van der Waals surface area contributed by atoms with Gasteiger partial charge < -0.3 is 5.32 Å². The molecule has 1 fully saturated rings. The molecule has 2 aliphatic rings. The van der Waals surface area contributed by atoms with Crippen LogP contribution in [0.25, 0.3) is 0 Å². The van der Waals surface area contributed by atoms with Crippen LogP contribution < -0.4 is 5.32 Å². The first kappa shape index (κ1) is 14.9. The molecule has 0 amide bonds. The number of piperidine rings is 1. The van der Waals surface area contributed by atoms with Gasteiger partial charge >= 0.3 is 0 Å². The van der Waals surface area contributed by atoms with Crippen LogP contribution in [0.5, 0.6) is 0 Å². The van der Waals surface area contributed by atoms with E-state index in [2.05, 4.69) is 23.5 Å². The Bertz CT molecular complexity index is 613. The lowest BCUT2D eigenvalue weighted by atomic mass is 9.87. The van der Waals surface area contributed by atoms with Gasteiger partial charge in [0.15, 0.2) is 0 Å². The maximum absolute atomic E-state index is 11.7. The third-order valence-corrected chi connectivity index (χ3v) is 5.92. The Kier molecular flexibility index (Phi) is 4.22. The first-order chi connectivity index (χ1) is 10.0. The molecule has 1 aromatic carbocycles. The number of anilines is 1. The van der Waals surface area contributed by atoms with Gasteiger partial charge in [-0.05, 0) is 55.2 Å². The minimum absolute atomic E-state index is 0.446. The molecule has 0 aliphatic carbocycles. The van der Waals surface area contributed by atoms with Gasteiger partial charge in [0.25, 0.3) is 0 Å². The lowest BCUT2D eigenvalue weighted by Gasteiger charge is -2.32. The van der Waals surface area contributed by atoms with E-state index in [1.165, 1.54) is 29.5 Å². The summed E-state index contributed by atoms with van der Waals surface area (Å²) in [5, 5.41) is 3.47. The Morgan fingerprint density at radius 1 is 1.33 bits per heavy atom. The zero-order valence-electron chi connectivity index (χ0n) is 12.6. The topological polar surface area (TPSA) is 49.4 Å². The average molecular weight is 308 g/mol. The molecule has 4 nitrogen and oxygen atoms in total. The predicted molar refractivity (Wildman–Crippen MR) is 86.1 cm³/mol. The van der Waals surface area contributed by atoms with Crippen LogP contribution in [0.1, 0.15) is 30.4 Å². The zero-order chi connectivity index (χ0) is 14.9. The summed E-state index contributed by atoms with van der Waals surface area (Å²) in [6.07, 6.45) is 6.75. The Balaban J connectivity index is 1.75. The SMILES string of the molecule is CS(=O)(=O)N1CCCC(Cc2cccc3c2CCCN3)C1. The number of hydrogen-bond donors (Lipinski definition) is 1. The molecule has 0 bridgehead atoms. The molecule has 1 N–H and O–H groups in total. The van der Waals surface area contributed by atoms with Crippen molar-refractivity contribution in [1.82, 2.24) is 4.31 Å². The summed E-state index contributed by atoms with van der Waals surface area (Å²) in [4.78, 5) is 0. The largest absolute Gasteiger partial charge is 0.385 e. The molecule has 5 heteroatoms. The average Bonchev–Trinajstić information content (AvgIpc) is 2.47. The summed E-state index contributed by atoms with van der Waals surface area (Å²) in [6, 6.07) is 6.48. The van der Waals surface area contributed by atoms with E-state index in [-0.39, 0.29) is 0 Å². The van der Waals surface area contributed by atoms with Crippen molar-refractivity contribution in [3.63, 3.8) is 0 Å². The van der Waals surface area contributed by atoms with Crippen LogP contribution >= 0.6 is 0 Å². The Morgan fingerprint density at radius 3 is 3.00 bits per heavy atom. The van der Waals surface area contributed by atoms with Gasteiger partial charge in [-0.1, -0.05) is 12.1 Å². The van der Waals surface area contributed by atoms with Crippen LogP contribution in [0, 0.1) is 5.92 Å². The quantitative estimate of drug-likeness (QED) is 0.932. The highest BCUT2D eigenvalue weighted by molar-refractivity contribution is 7.88. The lowest BCUT2D eigenvalue weighted by Crippen LogP contribution is -2.39. The molecular formula is C16H24N2O2S. The number of benzene rings is 1. The van der Waals surface area contributed by atoms with Crippen molar-refractivity contribution in [3.05, 3.63) is 29.3 Å². The maximum atomic E-state index is 11.7. The number of hydrogen-bond acceptors (Lipinski definition) is 3. The van der Waals surface area contributed by atoms with Gasteiger partial charge in [0.1, 0.15) is 0 Å². The molecule has 0 saturated carbocycles. The Labute approximate surface area is 127 Å². The second kappa shape index (κ2) is 5.97. The fraction of sp³-hybridized carbons (Fsp3) is 0.625. The van der Waals surface area contributed by atoms with E-state index in [4.69, 9.17) is 0 Å². The molecule has 1 aromatic rings. The summed E-state index contributed by atoms with van der Waals surface area (Å²) < 4.78 is 25.1. The normalized spacial score (nSPS) is 23.4. The van der Waals surface area contributed by atoms with Crippen molar-refractivity contribution in [2.75, 3.05) is 31.2 Å². The minimum atomic E-state index is -3.05. The van der Waals surface area contributed by atoms with Crippen LogP contribution in [0.4, 0.5) is 5.69 Å². The first-order valence-electron chi connectivity index (χ1n) is 7.84. The Morgan fingerprint density at radius 2 is 2.19 bits per heavy atom. The number of sulfonamides is 1. The molecule has 0 radical (unpaired) electrons. The molecule has 2 heterocycles. The third-order valence-electron chi connectivity index (χ3n) is 4.65. The molecule has 2 aliphatic heterocycles. The summed E-state index contributed by atoms with van der Waals surface area (Å²) in [5.41, 5.74) is 4.12. The smallest absolute Gasteiger partial charge is 0.211 e. The van der Waals surface area contributed by atoms with Crippen LogP contribution in [-0.2, 0) is 22.9 Å². The molecule has 0 spiro atoms. The van der Waals surface area contributed by atoms with E-state index in [9.17, 15) is 8.42 Å².